The number of nitriles is 1. The molecule has 108 valence electrons. The van der Waals surface area contributed by atoms with Crippen molar-refractivity contribution in [3.8, 4) is 6.07 Å². The average Bonchev–Trinajstić information content (AvgIpc) is 2.40. The molecule has 0 bridgehead atoms. The maximum absolute atomic E-state index is 13.3. The molecule has 0 saturated carbocycles. The quantitative estimate of drug-likeness (QED) is 0.816. The van der Waals surface area contributed by atoms with Crippen LogP contribution in [0.25, 0.3) is 0 Å². The van der Waals surface area contributed by atoms with Gasteiger partial charge in [-0.3, -0.25) is 4.90 Å². The summed E-state index contributed by atoms with van der Waals surface area (Å²) in [5.41, 5.74) is 1.56. The van der Waals surface area contributed by atoms with Crippen molar-refractivity contribution in [1.29, 1.82) is 5.26 Å². The summed E-state index contributed by atoms with van der Waals surface area (Å²) in [6.45, 7) is 9.92. The van der Waals surface area contributed by atoms with Gasteiger partial charge in [0.05, 0.1) is 5.56 Å². The molecule has 0 radical (unpaired) electrons. The van der Waals surface area contributed by atoms with E-state index in [1.54, 1.807) is 12.1 Å². The first-order chi connectivity index (χ1) is 9.40. The fraction of sp³-hybridized carbons (Fsp3) is 0.588. The van der Waals surface area contributed by atoms with Crippen LogP contribution in [0.3, 0.4) is 0 Å². The zero-order valence-corrected chi connectivity index (χ0v) is 12.6. The van der Waals surface area contributed by atoms with Gasteiger partial charge in [0.1, 0.15) is 11.9 Å². The minimum atomic E-state index is -0.428. The third-order valence-corrected chi connectivity index (χ3v) is 4.37. The summed E-state index contributed by atoms with van der Waals surface area (Å²) in [5, 5.41) is 8.87. The molecule has 0 spiro atoms. The summed E-state index contributed by atoms with van der Waals surface area (Å²) in [6.07, 6.45) is 2.44. The van der Waals surface area contributed by atoms with Gasteiger partial charge in [0.15, 0.2) is 0 Å². The molecule has 2 nitrogen and oxygen atoms in total. The minimum absolute atomic E-state index is 0.145. The molecule has 1 fully saturated rings. The molecule has 1 aliphatic rings. The molecule has 1 aliphatic heterocycles. The Morgan fingerprint density at radius 1 is 1.30 bits per heavy atom. The van der Waals surface area contributed by atoms with E-state index in [4.69, 9.17) is 5.26 Å². The highest BCUT2D eigenvalue weighted by molar-refractivity contribution is 5.34. The van der Waals surface area contributed by atoms with Gasteiger partial charge in [-0.15, -0.1) is 0 Å². The highest BCUT2D eigenvalue weighted by Gasteiger charge is 2.28. The van der Waals surface area contributed by atoms with E-state index in [1.165, 1.54) is 18.9 Å². The van der Waals surface area contributed by atoms with Crippen LogP contribution in [0, 0.1) is 28.5 Å². The first kappa shape index (κ1) is 15.0. The van der Waals surface area contributed by atoms with Crippen LogP contribution in [-0.4, -0.2) is 18.0 Å². The molecule has 1 aromatic carbocycles. The second-order valence-corrected chi connectivity index (χ2v) is 6.84. The molecule has 3 heteroatoms. The Morgan fingerprint density at radius 2 is 1.95 bits per heavy atom. The fourth-order valence-electron chi connectivity index (χ4n) is 2.97. The topological polar surface area (TPSA) is 27.0 Å². The molecule has 1 saturated heterocycles. The molecule has 20 heavy (non-hydrogen) atoms. The molecule has 1 aromatic rings. The third kappa shape index (κ3) is 3.58. The van der Waals surface area contributed by atoms with Crippen LogP contribution in [0.5, 0.6) is 0 Å². The lowest BCUT2D eigenvalue weighted by Gasteiger charge is -2.38. The van der Waals surface area contributed by atoms with E-state index < -0.39 is 5.82 Å². The van der Waals surface area contributed by atoms with Gasteiger partial charge in [-0.2, -0.15) is 5.26 Å². The number of halogens is 1. The van der Waals surface area contributed by atoms with Crippen molar-refractivity contribution in [3.63, 3.8) is 0 Å². The standard InChI is InChI=1S/C17H23FN2/c1-17(2,3)15-6-8-20(9-7-15)12-13-4-5-16(18)14(10-13)11-19/h4-5,10,15H,6-9,12H2,1-3H3. The Hall–Kier alpha value is -1.40. The molecule has 0 N–H and O–H groups in total. The lowest BCUT2D eigenvalue weighted by Crippen LogP contribution is -2.37. The van der Waals surface area contributed by atoms with Crippen LogP contribution in [0.1, 0.15) is 44.7 Å². The normalized spacial score (nSPS) is 17.9. The number of likely N-dealkylation sites (tertiary alicyclic amines) is 1. The first-order valence-corrected chi connectivity index (χ1v) is 7.31. The average molecular weight is 274 g/mol. The third-order valence-electron chi connectivity index (χ3n) is 4.37. The SMILES string of the molecule is CC(C)(C)C1CCN(Cc2ccc(F)c(C#N)c2)CC1. The number of hydrogen-bond acceptors (Lipinski definition) is 2. The smallest absolute Gasteiger partial charge is 0.140 e. The van der Waals surface area contributed by atoms with Crippen molar-refractivity contribution in [3.05, 3.63) is 35.1 Å². The van der Waals surface area contributed by atoms with E-state index in [1.807, 2.05) is 6.07 Å². The zero-order valence-electron chi connectivity index (χ0n) is 12.6. The predicted molar refractivity (Wildman–Crippen MR) is 78.6 cm³/mol. The summed E-state index contributed by atoms with van der Waals surface area (Å²) >= 11 is 0. The molecule has 0 atom stereocenters. The van der Waals surface area contributed by atoms with Crippen LogP contribution in [0.4, 0.5) is 4.39 Å². The van der Waals surface area contributed by atoms with Gasteiger partial charge in [-0.1, -0.05) is 26.8 Å². The number of piperidine rings is 1. The molecule has 1 heterocycles. The second-order valence-electron chi connectivity index (χ2n) is 6.84. The van der Waals surface area contributed by atoms with Gasteiger partial charge in [0, 0.05) is 6.54 Å². The van der Waals surface area contributed by atoms with Gasteiger partial charge in [-0.05, 0) is 55.0 Å². The Balaban J connectivity index is 1.95. The van der Waals surface area contributed by atoms with Gasteiger partial charge < -0.3 is 0 Å². The van der Waals surface area contributed by atoms with E-state index in [2.05, 4.69) is 25.7 Å². The van der Waals surface area contributed by atoms with E-state index in [-0.39, 0.29) is 5.56 Å². The molecule has 0 amide bonds. The largest absolute Gasteiger partial charge is 0.299 e. The van der Waals surface area contributed by atoms with Crippen LogP contribution in [-0.2, 0) is 6.54 Å². The van der Waals surface area contributed by atoms with Crippen LogP contribution in [0.2, 0.25) is 0 Å². The number of rotatable bonds is 2. The number of nitrogens with zero attached hydrogens (tertiary/aromatic N) is 2. The van der Waals surface area contributed by atoms with Crippen molar-refractivity contribution in [2.75, 3.05) is 13.1 Å². The second kappa shape index (κ2) is 5.93. The summed E-state index contributed by atoms with van der Waals surface area (Å²) in [4.78, 5) is 2.40. The Bertz CT molecular complexity index is 503. The van der Waals surface area contributed by atoms with Crippen molar-refractivity contribution < 1.29 is 4.39 Å². The van der Waals surface area contributed by atoms with Gasteiger partial charge >= 0.3 is 0 Å². The van der Waals surface area contributed by atoms with Crippen LogP contribution in [0.15, 0.2) is 18.2 Å². The first-order valence-electron chi connectivity index (χ1n) is 7.31. The zero-order chi connectivity index (χ0) is 14.8. The van der Waals surface area contributed by atoms with E-state index >= 15 is 0 Å². The van der Waals surface area contributed by atoms with Crippen molar-refractivity contribution >= 4 is 0 Å². The predicted octanol–water partition coefficient (Wildman–Crippen LogP) is 3.96. The molecule has 0 aliphatic carbocycles. The van der Waals surface area contributed by atoms with Gasteiger partial charge in [0.2, 0.25) is 0 Å². The van der Waals surface area contributed by atoms with E-state index in [0.717, 1.165) is 31.1 Å². The van der Waals surface area contributed by atoms with Crippen LogP contribution < -0.4 is 0 Å². The van der Waals surface area contributed by atoms with Crippen molar-refractivity contribution in [2.45, 2.75) is 40.2 Å². The molecule has 0 aromatic heterocycles. The Kier molecular flexibility index (Phi) is 4.45. The molecule has 0 unspecified atom stereocenters. The molecule has 2 rings (SSSR count). The lowest BCUT2D eigenvalue weighted by molar-refractivity contribution is 0.108. The monoisotopic (exact) mass is 274 g/mol. The maximum atomic E-state index is 13.3. The summed E-state index contributed by atoms with van der Waals surface area (Å²) in [5.74, 6) is 0.351. The summed E-state index contributed by atoms with van der Waals surface area (Å²) in [6, 6.07) is 6.76. The number of hydrogen-bond donors (Lipinski definition) is 0. The number of benzene rings is 1. The Morgan fingerprint density at radius 3 is 2.50 bits per heavy atom. The van der Waals surface area contributed by atoms with Gasteiger partial charge in [0.25, 0.3) is 0 Å². The minimum Gasteiger partial charge on any atom is -0.299 e. The van der Waals surface area contributed by atoms with Crippen LogP contribution >= 0.6 is 0 Å². The highest BCUT2D eigenvalue weighted by Crippen LogP contribution is 2.34. The van der Waals surface area contributed by atoms with Crippen molar-refractivity contribution in [2.24, 2.45) is 11.3 Å². The van der Waals surface area contributed by atoms with E-state index in [0.29, 0.717) is 5.41 Å². The van der Waals surface area contributed by atoms with Gasteiger partial charge in [-0.25, -0.2) is 4.39 Å². The van der Waals surface area contributed by atoms with Crippen molar-refractivity contribution in [1.82, 2.24) is 4.90 Å². The van der Waals surface area contributed by atoms with E-state index in [9.17, 15) is 4.39 Å². The lowest BCUT2D eigenvalue weighted by atomic mass is 9.75. The molecular formula is C17H23FN2. The highest BCUT2D eigenvalue weighted by atomic mass is 19.1. The molecular weight excluding hydrogens is 251 g/mol. The maximum Gasteiger partial charge on any atom is 0.140 e. The summed E-state index contributed by atoms with van der Waals surface area (Å²) < 4.78 is 13.3. The fourth-order valence-corrected chi connectivity index (χ4v) is 2.97. The summed E-state index contributed by atoms with van der Waals surface area (Å²) in [7, 11) is 0. The Labute approximate surface area is 121 Å².